The number of hydrogen-bond donors (Lipinski definition) is 1. The van der Waals surface area contributed by atoms with Crippen LogP contribution in [-0.4, -0.2) is 22.1 Å². The molecule has 3 rings (SSSR count). The largest absolute Gasteiger partial charge is 0.487 e. The molecule has 0 saturated carbocycles. The van der Waals surface area contributed by atoms with E-state index in [0.29, 0.717) is 33.6 Å². The lowest BCUT2D eigenvalue weighted by Gasteiger charge is -2.16. The van der Waals surface area contributed by atoms with Crippen LogP contribution < -0.4 is 10.1 Å². The summed E-state index contributed by atoms with van der Waals surface area (Å²) in [6, 6.07) is 7.72. The second kappa shape index (κ2) is 11.4. The number of aryl methyl sites for hydroxylation is 1. The summed E-state index contributed by atoms with van der Waals surface area (Å²) in [5.41, 5.74) is 4.67. The molecule has 0 fully saturated rings. The van der Waals surface area contributed by atoms with Crippen LogP contribution in [0.4, 0.5) is 0 Å². The number of nitrogens with zero attached hydrogens (tertiary/aromatic N) is 3. The van der Waals surface area contributed by atoms with E-state index < -0.39 is 0 Å². The fourth-order valence-electron chi connectivity index (χ4n) is 3.49. The monoisotopic (exact) mass is 498 g/mol. The minimum Gasteiger partial charge on any atom is -0.487 e. The van der Waals surface area contributed by atoms with Gasteiger partial charge in [0.2, 0.25) is 5.91 Å². The highest BCUT2D eigenvalue weighted by Gasteiger charge is 2.16. The van der Waals surface area contributed by atoms with Crippen molar-refractivity contribution in [2.75, 3.05) is 0 Å². The van der Waals surface area contributed by atoms with Gasteiger partial charge in [0.05, 0.1) is 10.7 Å². The van der Waals surface area contributed by atoms with Gasteiger partial charge < -0.3 is 10.1 Å². The van der Waals surface area contributed by atoms with Crippen LogP contribution >= 0.6 is 23.2 Å². The molecule has 0 saturated heterocycles. The molecule has 8 heteroatoms. The number of aromatic nitrogens is 2. The van der Waals surface area contributed by atoms with E-state index >= 15 is 0 Å². The number of benzene rings is 1. The van der Waals surface area contributed by atoms with Gasteiger partial charge in [0.1, 0.15) is 17.9 Å². The summed E-state index contributed by atoms with van der Waals surface area (Å²) in [6.45, 7) is 9.79. The smallest absolute Gasteiger partial charge is 0.222 e. The summed E-state index contributed by atoms with van der Waals surface area (Å²) in [7, 11) is 0. The second-order valence-electron chi connectivity index (χ2n) is 8.15. The van der Waals surface area contributed by atoms with E-state index in [4.69, 9.17) is 32.9 Å². The van der Waals surface area contributed by atoms with Crippen molar-refractivity contribution in [1.82, 2.24) is 15.3 Å². The molecule has 2 heterocycles. The summed E-state index contributed by atoms with van der Waals surface area (Å²) in [6.07, 6.45) is 4.98. The van der Waals surface area contributed by atoms with Crippen LogP contribution in [0.3, 0.4) is 0 Å². The van der Waals surface area contributed by atoms with E-state index in [9.17, 15) is 4.79 Å². The van der Waals surface area contributed by atoms with E-state index in [-0.39, 0.29) is 18.4 Å². The normalized spacial score (nSPS) is 12.4. The Bertz CT molecular complexity index is 1270. The van der Waals surface area contributed by atoms with E-state index in [1.54, 1.807) is 18.6 Å². The zero-order valence-corrected chi connectivity index (χ0v) is 21.5. The first-order valence-corrected chi connectivity index (χ1v) is 11.8. The molecular formula is C26H28Cl2N4O2. The molecule has 0 spiro atoms. The van der Waals surface area contributed by atoms with Crippen LogP contribution in [0.25, 0.3) is 16.6 Å². The van der Waals surface area contributed by atoms with E-state index in [1.807, 2.05) is 58.9 Å². The Kier molecular flexibility index (Phi) is 8.64. The molecule has 1 N–H and O–H groups in total. The Labute approximate surface area is 210 Å². The number of aliphatic imine (C=N–C) groups is 1. The number of nitrogens with one attached hydrogen (secondary N) is 1. The van der Waals surface area contributed by atoms with Gasteiger partial charge in [0.15, 0.2) is 0 Å². The molecule has 178 valence electrons. The van der Waals surface area contributed by atoms with Gasteiger partial charge in [-0.1, -0.05) is 49.2 Å². The Morgan fingerprint density at radius 2 is 2.06 bits per heavy atom. The predicted molar refractivity (Wildman–Crippen MR) is 139 cm³/mol. The van der Waals surface area contributed by atoms with E-state index in [0.717, 1.165) is 27.8 Å². The average Bonchev–Trinajstić information content (AvgIpc) is 2.79. The van der Waals surface area contributed by atoms with Crippen LogP contribution in [-0.2, 0) is 17.9 Å². The Morgan fingerprint density at radius 1 is 1.29 bits per heavy atom. The molecule has 1 amide bonds. The van der Waals surface area contributed by atoms with E-state index in [1.165, 1.54) is 0 Å². The quantitative estimate of drug-likeness (QED) is 0.361. The van der Waals surface area contributed by atoms with Crippen LogP contribution in [0.5, 0.6) is 5.75 Å². The molecule has 0 bridgehead atoms. The first kappa shape index (κ1) is 25.7. The number of carbonyl (C=O) groups is 1. The van der Waals surface area contributed by atoms with E-state index in [2.05, 4.69) is 15.3 Å². The van der Waals surface area contributed by atoms with Crippen molar-refractivity contribution in [2.45, 2.75) is 47.8 Å². The zero-order chi connectivity index (χ0) is 24.8. The van der Waals surface area contributed by atoms with Crippen molar-refractivity contribution in [3.8, 4) is 5.75 Å². The van der Waals surface area contributed by atoms with Crippen LogP contribution in [0, 0.1) is 12.8 Å². The van der Waals surface area contributed by atoms with Crippen LogP contribution in [0.2, 0.25) is 5.02 Å². The minimum absolute atomic E-state index is 0.0405. The maximum atomic E-state index is 12.0. The summed E-state index contributed by atoms with van der Waals surface area (Å²) >= 11 is 12.8. The molecule has 34 heavy (non-hydrogen) atoms. The van der Waals surface area contributed by atoms with Gasteiger partial charge in [-0.25, -0.2) is 4.98 Å². The lowest BCUT2D eigenvalue weighted by molar-refractivity contribution is -0.124. The number of fused-ring (bicyclic) bond motifs is 1. The molecular weight excluding hydrogens is 471 g/mol. The molecule has 0 aliphatic carbocycles. The van der Waals surface area contributed by atoms with Crippen LogP contribution in [0.15, 0.2) is 46.7 Å². The van der Waals surface area contributed by atoms with Gasteiger partial charge in [0, 0.05) is 58.3 Å². The van der Waals surface area contributed by atoms with Gasteiger partial charge in [-0.2, -0.15) is 0 Å². The lowest BCUT2D eigenvalue weighted by atomic mass is 10.0. The van der Waals surface area contributed by atoms with Crippen LogP contribution in [0.1, 0.15) is 50.1 Å². The lowest BCUT2D eigenvalue weighted by Crippen LogP contribution is -2.27. The Balaban J connectivity index is 1.97. The second-order valence-corrected chi connectivity index (χ2v) is 9.13. The molecule has 6 nitrogen and oxygen atoms in total. The van der Waals surface area contributed by atoms with Crippen molar-refractivity contribution in [3.05, 3.63) is 69.1 Å². The molecule has 0 atom stereocenters. The first-order chi connectivity index (χ1) is 16.2. The molecule has 2 aromatic heterocycles. The molecule has 0 aliphatic rings. The zero-order valence-electron chi connectivity index (χ0n) is 19.9. The standard InChI is InChI=1S/C26H28Cl2N4O2/c1-6-30-24(17(5)27)20-10-16(4)32-25-19(20)8-7-9-23(25)34-14-21-18(11-29-13-22(21)28)12-31-26(33)15(2)3/h6-11,13,15H,12,14H2,1-5H3,(H,31,33)/b24-17+,30-6?. The highest BCUT2D eigenvalue weighted by Crippen LogP contribution is 2.34. The molecule has 3 aromatic rings. The third-order valence-electron chi connectivity index (χ3n) is 5.21. The van der Waals surface area contributed by atoms with Gasteiger partial charge in [0.25, 0.3) is 0 Å². The Morgan fingerprint density at radius 3 is 2.74 bits per heavy atom. The van der Waals surface area contributed by atoms with Gasteiger partial charge in [-0.3, -0.25) is 14.8 Å². The third-order valence-corrected chi connectivity index (χ3v) is 5.72. The number of hydrogen-bond acceptors (Lipinski definition) is 5. The molecule has 0 radical (unpaired) electrons. The average molecular weight is 499 g/mol. The van der Waals surface area contributed by atoms with Crippen molar-refractivity contribution in [1.29, 1.82) is 0 Å². The Hall–Kier alpha value is -2.96. The predicted octanol–water partition coefficient (Wildman–Crippen LogP) is 6.46. The van der Waals surface area contributed by atoms with Crippen molar-refractivity contribution < 1.29 is 9.53 Å². The highest BCUT2D eigenvalue weighted by atomic mass is 35.5. The number of para-hydroxylation sites is 1. The fourth-order valence-corrected chi connectivity index (χ4v) is 3.87. The minimum atomic E-state index is -0.112. The number of carbonyl (C=O) groups excluding carboxylic acids is 1. The SMILES string of the molecule is CC=N/C(=C(\C)Cl)c1cc(C)nc2c(OCc3c(Cl)cncc3CNC(=O)C(C)C)cccc12. The fraction of sp³-hybridized carbons (Fsp3) is 0.308. The summed E-state index contributed by atoms with van der Waals surface area (Å²) in [4.78, 5) is 25.4. The van der Waals surface area contributed by atoms with Crippen molar-refractivity contribution in [2.24, 2.45) is 10.9 Å². The van der Waals surface area contributed by atoms with Crippen molar-refractivity contribution in [3.63, 3.8) is 0 Å². The topological polar surface area (TPSA) is 76.5 Å². The number of pyridine rings is 2. The third kappa shape index (κ3) is 5.93. The number of halogens is 2. The maximum Gasteiger partial charge on any atom is 0.222 e. The molecule has 1 aromatic carbocycles. The van der Waals surface area contributed by atoms with Gasteiger partial charge in [-0.15, -0.1) is 0 Å². The number of rotatable bonds is 8. The molecule has 0 unspecified atom stereocenters. The highest BCUT2D eigenvalue weighted by molar-refractivity contribution is 6.32. The molecule has 0 aliphatic heterocycles. The number of amides is 1. The summed E-state index contributed by atoms with van der Waals surface area (Å²) in [5, 5.41) is 4.86. The van der Waals surface area contributed by atoms with Gasteiger partial charge in [-0.05, 0) is 38.5 Å². The number of ether oxygens (including phenoxy) is 1. The summed E-state index contributed by atoms with van der Waals surface area (Å²) < 4.78 is 6.22. The van der Waals surface area contributed by atoms with Gasteiger partial charge >= 0.3 is 0 Å². The first-order valence-electron chi connectivity index (χ1n) is 11.0. The number of allylic oxidation sites excluding steroid dienone is 1. The maximum absolute atomic E-state index is 12.0. The van der Waals surface area contributed by atoms with Crippen molar-refractivity contribution >= 4 is 51.9 Å². The summed E-state index contributed by atoms with van der Waals surface area (Å²) in [5.74, 6) is 0.458.